The van der Waals surface area contributed by atoms with Crippen molar-refractivity contribution in [1.29, 1.82) is 0 Å². The van der Waals surface area contributed by atoms with Crippen molar-refractivity contribution in [2.75, 3.05) is 6.54 Å². The fraction of sp³-hybridized carbons (Fsp3) is 0.643. The van der Waals surface area contributed by atoms with Crippen LogP contribution in [0, 0.1) is 5.92 Å². The normalized spacial score (nSPS) is 27.1. The second-order valence-corrected chi connectivity index (χ2v) is 5.28. The number of furan rings is 1. The van der Waals surface area contributed by atoms with Gasteiger partial charge >= 0.3 is 5.97 Å². The number of carboxylic acids is 1. The van der Waals surface area contributed by atoms with Crippen LogP contribution in [0.2, 0.25) is 0 Å². The molecule has 18 heavy (non-hydrogen) atoms. The Kier molecular flexibility index (Phi) is 3.76. The minimum absolute atomic E-state index is 0.0227. The lowest BCUT2D eigenvalue weighted by Crippen LogP contribution is -2.43. The molecule has 0 aromatic carbocycles. The molecule has 1 aromatic rings. The van der Waals surface area contributed by atoms with E-state index in [2.05, 4.69) is 25.7 Å². The molecule has 1 aromatic heterocycles. The predicted molar refractivity (Wildman–Crippen MR) is 68.6 cm³/mol. The van der Waals surface area contributed by atoms with Crippen molar-refractivity contribution >= 4 is 5.97 Å². The van der Waals surface area contributed by atoms with Crippen LogP contribution in [0.15, 0.2) is 16.5 Å². The Morgan fingerprint density at radius 2 is 2.22 bits per heavy atom. The molecule has 0 amide bonds. The van der Waals surface area contributed by atoms with Crippen molar-refractivity contribution in [3.05, 3.63) is 23.7 Å². The number of nitrogens with zero attached hydrogens (tertiary/aromatic N) is 1. The Morgan fingerprint density at radius 3 is 2.83 bits per heavy atom. The maximum absolute atomic E-state index is 10.8. The van der Waals surface area contributed by atoms with E-state index < -0.39 is 5.97 Å². The van der Waals surface area contributed by atoms with Crippen LogP contribution in [0.5, 0.6) is 0 Å². The SMILES string of the molecule is CC1CCCN(C(C)c2ccc(C(=O)O)o2)C1C. The topological polar surface area (TPSA) is 53.7 Å². The molecular weight excluding hydrogens is 230 g/mol. The summed E-state index contributed by atoms with van der Waals surface area (Å²) in [6, 6.07) is 3.95. The van der Waals surface area contributed by atoms with Crippen LogP contribution in [-0.4, -0.2) is 28.6 Å². The first-order valence-electron chi connectivity index (χ1n) is 6.59. The van der Waals surface area contributed by atoms with Crippen molar-refractivity contribution in [2.45, 2.75) is 45.7 Å². The Bertz CT molecular complexity index is 426. The van der Waals surface area contributed by atoms with Gasteiger partial charge in [-0.3, -0.25) is 4.90 Å². The van der Waals surface area contributed by atoms with Crippen LogP contribution >= 0.6 is 0 Å². The van der Waals surface area contributed by atoms with Gasteiger partial charge in [-0.15, -0.1) is 0 Å². The average molecular weight is 251 g/mol. The second kappa shape index (κ2) is 5.14. The lowest BCUT2D eigenvalue weighted by atomic mass is 9.90. The maximum Gasteiger partial charge on any atom is 0.371 e. The number of carboxylic acid groups (broad SMARTS) is 1. The maximum atomic E-state index is 10.8. The lowest BCUT2D eigenvalue weighted by Gasteiger charge is -2.41. The molecule has 2 heterocycles. The van der Waals surface area contributed by atoms with Gasteiger partial charge in [-0.2, -0.15) is 0 Å². The molecule has 1 aliphatic heterocycles. The fourth-order valence-corrected chi connectivity index (χ4v) is 2.77. The number of likely N-dealkylation sites (tertiary alicyclic amines) is 1. The molecule has 2 rings (SSSR count). The molecule has 0 radical (unpaired) electrons. The molecule has 0 spiro atoms. The molecule has 0 saturated carbocycles. The van der Waals surface area contributed by atoms with Gasteiger partial charge in [-0.25, -0.2) is 4.79 Å². The summed E-state index contributed by atoms with van der Waals surface area (Å²) in [4.78, 5) is 13.2. The van der Waals surface area contributed by atoms with Crippen molar-refractivity contribution < 1.29 is 14.3 Å². The highest BCUT2D eigenvalue weighted by molar-refractivity contribution is 5.84. The van der Waals surface area contributed by atoms with Crippen LogP contribution in [-0.2, 0) is 0 Å². The molecule has 3 atom stereocenters. The first-order valence-corrected chi connectivity index (χ1v) is 6.59. The molecule has 1 N–H and O–H groups in total. The summed E-state index contributed by atoms with van der Waals surface area (Å²) in [5, 5.41) is 8.88. The van der Waals surface area contributed by atoms with Gasteiger partial charge in [0.05, 0.1) is 6.04 Å². The van der Waals surface area contributed by atoms with Gasteiger partial charge in [0.1, 0.15) is 5.76 Å². The van der Waals surface area contributed by atoms with E-state index in [1.165, 1.54) is 18.9 Å². The highest BCUT2D eigenvalue weighted by Crippen LogP contribution is 2.31. The van der Waals surface area contributed by atoms with Crippen molar-refractivity contribution in [1.82, 2.24) is 4.90 Å². The molecule has 100 valence electrons. The zero-order valence-corrected chi connectivity index (χ0v) is 11.2. The van der Waals surface area contributed by atoms with Crippen LogP contribution in [0.3, 0.4) is 0 Å². The second-order valence-electron chi connectivity index (χ2n) is 5.28. The predicted octanol–water partition coefficient (Wildman–Crippen LogP) is 3.16. The standard InChI is InChI=1S/C14H21NO3/c1-9-5-4-8-15(10(9)2)11(3)12-6-7-13(18-12)14(16)17/h6-7,9-11H,4-5,8H2,1-3H3,(H,16,17). The van der Waals surface area contributed by atoms with Crippen molar-refractivity contribution in [2.24, 2.45) is 5.92 Å². The summed E-state index contributed by atoms with van der Waals surface area (Å²) in [7, 11) is 0. The lowest BCUT2D eigenvalue weighted by molar-refractivity contribution is 0.0592. The Balaban J connectivity index is 2.14. The van der Waals surface area contributed by atoms with Gasteiger partial charge in [0.25, 0.3) is 0 Å². The highest BCUT2D eigenvalue weighted by Gasteiger charge is 2.30. The third-order valence-corrected chi connectivity index (χ3v) is 4.17. The van der Waals surface area contributed by atoms with Crippen LogP contribution in [0.4, 0.5) is 0 Å². The van der Waals surface area contributed by atoms with Gasteiger partial charge < -0.3 is 9.52 Å². The smallest absolute Gasteiger partial charge is 0.371 e. The summed E-state index contributed by atoms with van der Waals surface area (Å²) in [5.74, 6) is 0.437. The Morgan fingerprint density at radius 1 is 1.50 bits per heavy atom. The Labute approximate surface area is 108 Å². The van der Waals surface area contributed by atoms with Crippen LogP contribution in [0.1, 0.15) is 56.0 Å². The number of hydrogen-bond acceptors (Lipinski definition) is 3. The molecule has 4 nitrogen and oxygen atoms in total. The molecule has 3 unspecified atom stereocenters. The van der Waals surface area contributed by atoms with Gasteiger partial charge in [-0.1, -0.05) is 6.92 Å². The Hall–Kier alpha value is -1.29. The minimum atomic E-state index is -1.01. The molecule has 1 saturated heterocycles. The van der Waals surface area contributed by atoms with E-state index >= 15 is 0 Å². The third-order valence-electron chi connectivity index (χ3n) is 4.17. The highest BCUT2D eigenvalue weighted by atomic mass is 16.4. The van der Waals surface area contributed by atoms with Crippen molar-refractivity contribution in [3.63, 3.8) is 0 Å². The number of hydrogen-bond donors (Lipinski definition) is 1. The monoisotopic (exact) mass is 251 g/mol. The number of rotatable bonds is 3. The van der Waals surface area contributed by atoms with E-state index in [1.807, 2.05) is 0 Å². The summed E-state index contributed by atoms with van der Waals surface area (Å²) >= 11 is 0. The minimum Gasteiger partial charge on any atom is -0.475 e. The molecule has 0 aliphatic carbocycles. The fourth-order valence-electron chi connectivity index (χ4n) is 2.77. The van der Waals surface area contributed by atoms with E-state index in [1.54, 1.807) is 6.07 Å². The molecule has 1 fully saturated rings. The molecule has 4 heteroatoms. The summed E-state index contributed by atoms with van der Waals surface area (Å²) in [6.07, 6.45) is 2.46. The van der Waals surface area contributed by atoms with Gasteiger partial charge in [0, 0.05) is 6.04 Å². The third kappa shape index (κ3) is 2.43. The summed E-state index contributed by atoms with van der Waals surface area (Å²) < 4.78 is 5.40. The molecule has 0 bridgehead atoms. The van der Waals surface area contributed by atoms with E-state index in [0.717, 1.165) is 12.3 Å². The average Bonchev–Trinajstić information content (AvgIpc) is 2.81. The zero-order chi connectivity index (χ0) is 13.3. The van der Waals surface area contributed by atoms with E-state index in [4.69, 9.17) is 9.52 Å². The van der Waals surface area contributed by atoms with E-state index in [0.29, 0.717) is 12.0 Å². The summed E-state index contributed by atoms with van der Waals surface area (Å²) in [6.45, 7) is 7.64. The first-order chi connectivity index (χ1) is 8.50. The quantitative estimate of drug-likeness (QED) is 0.896. The largest absolute Gasteiger partial charge is 0.475 e. The van der Waals surface area contributed by atoms with Crippen molar-refractivity contribution in [3.8, 4) is 0 Å². The van der Waals surface area contributed by atoms with Gasteiger partial charge in [0.2, 0.25) is 5.76 Å². The van der Waals surface area contributed by atoms with E-state index in [-0.39, 0.29) is 11.8 Å². The van der Waals surface area contributed by atoms with Crippen LogP contribution in [0.25, 0.3) is 0 Å². The molecule has 1 aliphatic rings. The van der Waals surface area contributed by atoms with Crippen LogP contribution < -0.4 is 0 Å². The summed E-state index contributed by atoms with van der Waals surface area (Å²) in [5.41, 5.74) is 0. The number of piperidine rings is 1. The molecular formula is C14H21NO3. The zero-order valence-electron chi connectivity index (χ0n) is 11.2. The van der Waals surface area contributed by atoms with E-state index in [9.17, 15) is 4.79 Å². The van der Waals surface area contributed by atoms with Gasteiger partial charge in [0.15, 0.2) is 0 Å². The number of aromatic carboxylic acids is 1. The van der Waals surface area contributed by atoms with Gasteiger partial charge in [-0.05, 0) is 51.3 Å². The number of carbonyl (C=O) groups is 1. The first kappa shape index (κ1) is 13.1.